The number of pyridine rings is 1. The van der Waals surface area contributed by atoms with E-state index in [2.05, 4.69) is 45.3 Å². The number of aryl methyl sites for hydroxylation is 2. The highest BCUT2D eigenvalue weighted by Crippen LogP contribution is 2.30. The van der Waals surface area contributed by atoms with Crippen LogP contribution in [0.1, 0.15) is 22.7 Å². The predicted molar refractivity (Wildman–Crippen MR) is 104 cm³/mol. The monoisotopic (exact) mass is 368 g/mol. The molecule has 1 aliphatic heterocycles. The van der Waals surface area contributed by atoms with E-state index in [-0.39, 0.29) is 0 Å². The summed E-state index contributed by atoms with van der Waals surface area (Å²) < 4.78 is 5.94. The second-order valence-electron chi connectivity index (χ2n) is 6.83. The highest BCUT2D eigenvalue weighted by Gasteiger charge is 2.21. The zero-order valence-corrected chi connectivity index (χ0v) is 16.1. The topological polar surface area (TPSA) is 45.4 Å². The first-order valence-electron chi connectivity index (χ1n) is 9.04. The summed E-state index contributed by atoms with van der Waals surface area (Å²) in [6.07, 6.45) is 1.87. The van der Waals surface area contributed by atoms with E-state index in [0.717, 1.165) is 67.2 Å². The summed E-state index contributed by atoms with van der Waals surface area (Å²) in [5.41, 5.74) is 3.43. The molecule has 0 radical (unpaired) electrons. The number of nitrogens with zero attached hydrogens (tertiary/aromatic N) is 4. The van der Waals surface area contributed by atoms with Crippen molar-refractivity contribution in [3.63, 3.8) is 0 Å². The molecular weight excluding hydrogens is 344 g/mol. The Hall–Kier alpha value is -2.02. The van der Waals surface area contributed by atoms with Crippen LogP contribution in [0.3, 0.4) is 0 Å². The maximum Gasteiger partial charge on any atom is 0.237 e. The lowest BCUT2D eigenvalue weighted by molar-refractivity contribution is 0.120. The molecule has 3 aromatic rings. The van der Waals surface area contributed by atoms with E-state index >= 15 is 0 Å². The minimum Gasteiger partial charge on any atom is -0.440 e. The molecule has 5 nitrogen and oxygen atoms in total. The van der Waals surface area contributed by atoms with Crippen molar-refractivity contribution in [1.82, 2.24) is 19.8 Å². The molecule has 1 aliphatic rings. The summed E-state index contributed by atoms with van der Waals surface area (Å²) in [6.45, 7) is 10.1. The Bertz CT molecular complexity index is 850. The number of hydrogen-bond acceptors (Lipinski definition) is 6. The van der Waals surface area contributed by atoms with Gasteiger partial charge in [0.05, 0.1) is 16.3 Å². The standard InChI is InChI=1S/C20H24N4OS/c1-15-6-12-26-19(15)20-22-18(16(2)25-20)14-24-10-8-23(9-11-24)13-17-5-3-4-7-21-17/h3-7,12H,8-11,13-14H2,1-2H3. The third kappa shape index (κ3) is 3.87. The van der Waals surface area contributed by atoms with Crippen molar-refractivity contribution >= 4 is 11.3 Å². The van der Waals surface area contributed by atoms with Crippen LogP contribution in [0.25, 0.3) is 10.8 Å². The van der Waals surface area contributed by atoms with Crippen LogP contribution in [0, 0.1) is 13.8 Å². The smallest absolute Gasteiger partial charge is 0.237 e. The first-order chi connectivity index (χ1) is 12.7. The van der Waals surface area contributed by atoms with E-state index < -0.39 is 0 Å². The fourth-order valence-electron chi connectivity index (χ4n) is 3.30. The molecule has 136 valence electrons. The second-order valence-corrected chi connectivity index (χ2v) is 7.74. The lowest BCUT2D eigenvalue weighted by atomic mass is 10.2. The van der Waals surface area contributed by atoms with Gasteiger partial charge in [0.2, 0.25) is 5.89 Å². The van der Waals surface area contributed by atoms with E-state index in [0.29, 0.717) is 0 Å². The van der Waals surface area contributed by atoms with Gasteiger partial charge in [-0.25, -0.2) is 4.98 Å². The first-order valence-corrected chi connectivity index (χ1v) is 9.92. The summed E-state index contributed by atoms with van der Waals surface area (Å²) in [7, 11) is 0. The van der Waals surface area contributed by atoms with Crippen molar-refractivity contribution in [3.8, 4) is 10.8 Å². The quantitative estimate of drug-likeness (QED) is 0.687. The van der Waals surface area contributed by atoms with Crippen molar-refractivity contribution in [2.24, 2.45) is 0 Å². The average Bonchev–Trinajstić information content (AvgIpc) is 3.23. The van der Waals surface area contributed by atoms with Gasteiger partial charge in [-0.2, -0.15) is 0 Å². The fraction of sp³-hybridized carbons (Fsp3) is 0.400. The van der Waals surface area contributed by atoms with Gasteiger partial charge in [-0.1, -0.05) is 6.07 Å². The number of thiophene rings is 1. The zero-order chi connectivity index (χ0) is 17.9. The predicted octanol–water partition coefficient (Wildman–Crippen LogP) is 3.73. The molecule has 4 rings (SSSR count). The van der Waals surface area contributed by atoms with E-state index in [9.17, 15) is 0 Å². The van der Waals surface area contributed by atoms with Gasteiger partial charge in [0.1, 0.15) is 5.76 Å². The molecule has 0 aliphatic carbocycles. The van der Waals surface area contributed by atoms with Gasteiger partial charge < -0.3 is 4.42 Å². The Kier molecular flexibility index (Phi) is 5.15. The number of rotatable bonds is 5. The molecule has 0 N–H and O–H groups in total. The third-order valence-electron chi connectivity index (χ3n) is 4.90. The van der Waals surface area contributed by atoms with Gasteiger partial charge in [0, 0.05) is 45.5 Å². The first kappa shape index (κ1) is 17.4. The van der Waals surface area contributed by atoms with E-state index in [1.54, 1.807) is 11.3 Å². The minimum absolute atomic E-state index is 0.763. The van der Waals surface area contributed by atoms with Crippen LogP contribution in [0.5, 0.6) is 0 Å². The summed E-state index contributed by atoms with van der Waals surface area (Å²) in [4.78, 5) is 15.3. The molecule has 0 spiro atoms. The van der Waals surface area contributed by atoms with Crippen molar-refractivity contribution in [2.45, 2.75) is 26.9 Å². The van der Waals surface area contributed by atoms with Crippen LogP contribution in [0.2, 0.25) is 0 Å². The molecule has 0 atom stereocenters. The molecule has 0 unspecified atom stereocenters. The second kappa shape index (κ2) is 7.70. The van der Waals surface area contributed by atoms with Crippen LogP contribution in [0.4, 0.5) is 0 Å². The summed E-state index contributed by atoms with van der Waals surface area (Å²) in [6, 6.07) is 8.23. The number of aromatic nitrogens is 2. The lowest BCUT2D eigenvalue weighted by Crippen LogP contribution is -2.45. The molecule has 0 amide bonds. The average molecular weight is 369 g/mol. The maximum atomic E-state index is 5.94. The summed E-state index contributed by atoms with van der Waals surface area (Å²) in [5.74, 6) is 1.70. The van der Waals surface area contributed by atoms with Crippen molar-refractivity contribution in [1.29, 1.82) is 0 Å². The molecule has 0 aromatic carbocycles. The minimum atomic E-state index is 0.763. The fourth-order valence-corrected chi connectivity index (χ4v) is 4.15. The molecule has 3 aromatic heterocycles. The molecule has 4 heterocycles. The lowest BCUT2D eigenvalue weighted by Gasteiger charge is -2.34. The Morgan fingerprint density at radius 1 is 1.04 bits per heavy atom. The van der Waals surface area contributed by atoms with Crippen LogP contribution in [-0.2, 0) is 13.1 Å². The Morgan fingerprint density at radius 2 is 1.81 bits per heavy atom. The van der Waals surface area contributed by atoms with Gasteiger partial charge in [-0.05, 0) is 43.0 Å². The van der Waals surface area contributed by atoms with E-state index in [1.807, 2.05) is 19.2 Å². The Balaban J connectivity index is 1.35. The molecule has 26 heavy (non-hydrogen) atoms. The highest BCUT2D eigenvalue weighted by molar-refractivity contribution is 7.13. The van der Waals surface area contributed by atoms with Crippen LogP contribution in [0.15, 0.2) is 40.3 Å². The van der Waals surface area contributed by atoms with Crippen LogP contribution >= 0.6 is 11.3 Å². The van der Waals surface area contributed by atoms with Gasteiger partial charge in [0.15, 0.2) is 0 Å². The van der Waals surface area contributed by atoms with E-state index in [4.69, 9.17) is 9.40 Å². The van der Waals surface area contributed by atoms with E-state index in [1.165, 1.54) is 5.56 Å². The molecule has 1 fully saturated rings. The van der Waals surface area contributed by atoms with Gasteiger partial charge in [-0.15, -0.1) is 11.3 Å². The Labute approximate surface area is 158 Å². The summed E-state index contributed by atoms with van der Waals surface area (Å²) >= 11 is 1.69. The highest BCUT2D eigenvalue weighted by atomic mass is 32.1. The van der Waals surface area contributed by atoms with Crippen molar-refractivity contribution in [2.75, 3.05) is 26.2 Å². The largest absolute Gasteiger partial charge is 0.440 e. The van der Waals surface area contributed by atoms with Gasteiger partial charge in [-0.3, -0.25) is 14.8 Å². The van der Waals surface area contributed by atoms with Crippen LogP contribution < -0.4 is 0 Å². The number of hydrogen-bond donors (Lipinski definition) is 0. The Morgan fingerprint density at radius 3 is 2.46 bits per heavy atom. The van der Waals surface area contributed by atoms with Gasteiger partial charge >= 0.3 is 0 Å². The molecular formula is C20H24N4OS. The van der Waals surface area contributed by atoms with Gasteiger partial charge in [0.25, 0.3) is 0 Å². The maximum absolute atomic E-state index is 5.94. The molecule has 0 bridgehead atoms. The SMILES string of the molecule is Cc1ccsc1-c1nc(CN2CCN(Cc3ccccn3)CC2)c(C)o1. The molecule has 1 saturated heterocycles. The molecule has 0 saturated carbocycles. The zero-order valence-electron chi connectivity index (χ0n) is 15.3. The summed E-state index contributed by atoms with van der Waals surface area (Å²) in [5, 5.41) is 2.09. The van der Waals surface area contributed by atoms with Crippen LogP contribution in [-0.4, -0.2) is 45.9 Å². The normalized spacial score (nSPS) is 16.2. The van der Waals surface area contributed by atoms with Crippen molar-refractivity contribution in [3.05, 3.63) is 58.6 Å². The number of piperazine rings is 1. The third-order valence-corrected chi connectivity index (χ3v) is 5.90. The van der Waals surface area contributed by atoms with Crippen molar-refractivity contribution < 1.29 is 4.42 Å². The number of oxazole rings is 1. The molecule has 6 heteroatoms.